The minimum atomic E-state index is -4.56. The van der Waals surface area contributed by atoms with Crippen LogP contribution in [-0.2, 0) is 18.4 Å². The molecule has 9 heteroatoms. The molecule has 1 amide bonds. The predicted octanol–water partition coefficient (Wildman–Crippen LogP) is 11.7. The summed E-state index contributed by atoms with van der Waals surface area (Å²) >= 11 is 0. The van der Waals surface area contributed by atoms with Crippen LogP contribution in [0.2, 0.25) is 0 Å². The number of likely N-dealkylation sites (N-methyl/N-ethyl adjacent to an activating group) is 1. The summed E-state index contributed by atoms with van der Waals surface area (Å²) in [7, 11) is 1.30. The van der Waals surface area contributed by atoms with Gasteiger partial charge in [-0.3, -0.25) is 9.36 Å². The van der Waals surface area contributed by atoms with Crippen molar-refractivity contribution in [3.8, 4) is 0 Å². The van der Waals surface area contributed by atoms with Crippen LogP contribution >= 0.6 is 7.82 Å². The number of unbranched alkanes of at least 4 members (excludes halogenated alkanes) is 26. The molecular weight excluding hydrogens is 683 g/mol. The molecule has 2 N–H and O–H groups in total. The largest absolute Gasteiger partial charge is 0.756 e. The lowest BCUT2D eigenvalue weighted by Gasteiger charge is -2.30. The smallest absolute Gasteiger partial charge is 0.268 e. The molecule has 0 aromatic rings. The lowest BCUT2D eigenvalue weighted by Crippen LogP contribution is -2.46. The van der Waals surface area contributed by atoms with Gasteiger partial charge in [-0.1, -0.05) is 180 Å². The minimum Gasteiger partial charge on any atom is -0.756 e. The quantitative estimate of drug-likeness (QED) is 0.0277. The molecule has 316 valence electrons. The van der Waals surface area contributed by atoms with Gasteiger partial charge in [0, 0.05) is 6.42 Å². The molecule has 53 heavy (non-hydrogen) atoms. The lowest BCUT2D eigenvalue weighted by atomic mass is 10.0. The van der Waals surface area contributed by atoms with Crippen LogP contribution in [0.5, 0.6) is 0 Å². The van der Waals surface area contributed by atoms with Crippen molar-refractivity contribution in [1.82, 2.24) is 5.32 Å². The van der Waals surface area contributed by atoms with Crippen molar-refractivity contribution >= 4 is 13.7 Å². The second kappa shape index (κ2) is 36.9. The average molecular weight is 773 g/mol. The maximum absolute atomic E-state index is 12.9. The van der Waals surface area contributed by atoms with E-state index in [-0.39, 0.29) is 19.1 Å². The normalized spacial score (nSPS) is 14.5. The van der Waals surface area contributed by atoms with Gasteiger partial charge in [0.15, 0.2) is 0 Å². The van der Waals surface area contributed by atoms with Gasteiger partial charge in [-0.25, -0.2) is 0 Å². The fraction of sp³-hybridized carbons (Fsp3) is 0.932. The maximum atomic E-state index is 12.9. The standard InChI is InChI=1S/C44H89N2O6P/c1-6-8-10-12-14-16-18-20-22-24-25-27-29-31-33-35-37-43(47)42(41-52-53(49,50)51-40-39-46(3,4)5)45-44(48)38-36-34-32-30-28-26-23-21-19-17-15-13-11-9-7-2/h27,29,42-43,47H,6-26,28,30-41H2,1-5H3,(H-,45,48,49,50)/b29-27+/t42-,43+/m0/s1. The zero-order chi connectivity index (χ0) is 39.3. The van der Waals surface area contributed by atoms with E-state index in [2.05, 4.69) is 31.3 Å². The Labute approximate surface area is 329 Å². The van der Waals surface area contributed by atoms with Crippen LogP contribution in [0.25, 0.3) is 0 Å². The van der Waals surface area contributed by atoms with Crippen molar-refractivity contribution in [2.45, 2.75) is 225 Å². The van der Waals surface area contributed by atoms with Gasteiger partial charge in [0.2, 0.25) is 5.91 Å². The number of rotatable bonds is 41. The van der Waals surface area contributed by atoms with E-state index >= 15 is 0 Å². The van der Waals surface area contributed by atoms with Crippen molar-refractivity contribution in [3.05, 3.63) is 12.2 Å². The van der Waals surface area contributed by atoms with Gasteiger partial charge < -0.3 is 28.8 Å². The number of hydrogen-bond acceptors (Lipinski definition) is 6. The molecule has 0 spiro atoms. The van der Waals surface area contributed by atoms with Crippen molar-refractivity contribution < 1.29 is 32.9 Å². The first-order chi connectivity index (χ1) is 25.5. The summed E-state index contributed by atoms with van der Waals surface area (Å²) in [5.74, 6) is -0.172. The van der Waals surface area contributed by atoms with Crippen LogP contribution in [0.3, 0.4) is 0 Å². The lowest BCUT2D eigenvalue weighted by molar-refractivity contribution is -0.870. The van der Waals surface area contributed by atoms with Crippen LogP contribution in [0.15, 0.2) is 12.2 Å². The molecule has 0 bridgehead atoms. The summed E-state index contributed by atoms with van der Waals surface area (Å²) in [6.07, 6.45) is 40.7. The Hall–Kier alpha value is -0.760. The molecule has 0 saturated carbocycles. The molecule has 0 aliphatic rings. The van der Waals surface area contributed by atoms with Gasteiger partial charge in [0.1, 0.15) is 13.2 Å². The first-order valence-electron chi connectivity index (χ1n) is 22.5. The third kappa shape index (κ3) is 39.3. The molecule has 0 rings (SSSR count). The summed E-state index contributed by atoms with van der Waals surface area (Å²) in [6, 6.07) is -0.810. The summed E-state index contributed by atoms with van der Waals surface area (Å²) in [5, 5.41) is 13.9. The van der Waals surface area contributed by atoms with E-state index in [9.17, 15) is 19.4 Å². The molecule has 0 radical (unpaired) electrons. The van der Waals surface area contributed by atoms with Crippen molar-refractivity contribution in [2.75, 3.05) is 40.9 Å². The number of nitrogens with one attached hydrogen (secondary N) is 1. The fourth-order valence-electron chi connectivity index (χ4n) is 6.62. The Morgan fingerprint density at radius 3 is 1.47 bits per heavy atom. The Balaban J connectivity index is 4.38. The van der Waals surface area contributed by atoms with Crippen molar-refractivity contribution in [1.29, 1.82) is 0 Å². The molecule has 0 heterocycles. The minimum absolute atomic E-state index is 0.00968. The number of phosphoric ester groups is 1. The van der Waals surface area contributed by atoms with E-state index in [0.717, 1.165) is 44.9 Å². The summed E-state index contributed by atoms with van der Waals surface area (Å²) < 4.78 is 23.2. The van der Waals surface area contributed by atoms with E-state index in [4.69, 9.17) is 9.05 Å². The summed E-state index contributed by atoms with van der Waals surface area (Å²) in [4.78, 5) is 25.3. The van der Waals surface area contributed by atoms with E-state index in [1.54, 1.807) is 0 Å². The number of aliphatic hydroxyl groups excluding tert-OH is 1. The van der Waals surface area contributed by atoms with Gasteiger partial charge in [-0.2, -0.15) is 0 Å². The molecule has 0 aromatic heterocycles. The van der Waals surface area contributed by atoms with Gasteiger partial charge in [-0.15, -0.1) is 0 Å². The zero-order valence-electron chi connectivity index (χ0n) is 35.7. The monoisotopic (exact) mass is 773 g/mol. The zero-order valence-corrected chi connectivity index (χ0v) is 36.6. The highest BCUT2D eigenvalue weighted by molar-refractivity contribution is 7.45. The summed E-state index contributed by atoms with van der Waals surface area (Å²) in [5.41, 5.74) is 0. The second-order valence-electron chi connectivity index (χ2n) is 16.8. The topological polar surface area (TPSA) is 108 Å². The molecule has 0 fully saturated rings. The van der Waals surface area contributed by atoms with Gasteiger partial charge in [0.05, 0.1) is 39.9 Å². The van der Waals surface area contributed by atoms with Gasteiger partial charge in [0.25, 0.3) is 7.82 Å². The predicted molar refractivity (Wildman–Crippen MR) is 224 cm³/mol. The number of aliphatic hydroxyl groups is 1. The molecular formula is C44H89N2O6P. The average Bonchev–Trinajstić information content (AvgIpc) is 3.10. The SMILES string of the molecule is CCCCCCCCCCCC/C=C/CCCC[C@@H](O)[C@H](COP(=O)([O-])OCC[N+](C)(C)C)NC(=O)CCCCCCCCCCCCCCCCC. The molecule has 3 atom stereocenters. The Bertz CT molecular complexity index is 880. The summed E-state index contributed by atoms with van der Waals surface area (Å²) in [6.45, 7) is 4.71. The molecule has 8 nitrogen and oxygen atoms in total. The number of carbonyl (C=O) groups excluding carboxylic acids is 1. The second-order valence-corrected chi connectivity index (χ2v) is 18.2. The van der Waals surface area contributed by atoms with Crippen LogP contribution in [-0.4, -0.2) is 68.5 Å². The van der Waals surface area contributed by atoms with Gasteiger partial charge >= 0.3 is 0 Å². The molecule has 0 aromatic carbocycles. The highest BCUT2D eigenvalue weighted by Gasteiger charge is 2.24. The highest BCUT2D eigenvalue weighted by atomic mass is 31.2. The van der Waals surface area contributed by atoms with E-state index in [1.165, 1.54) is 141 Å². The number of hydrogen-bond donors (Lipinski definition) is 2. The first-order valence-corrected chi connectivity index (χ1v) is 24.0. The highest BCUT2D eigenvalue weighted by Crippen LogP contribution is 2.38. The van der Waals surface area contributed by atoms with Crippen LogP contribution in [0, 0.1) is 0 Å². The van der Waals surface area contributed by atoms with Crippen molar-refractivity contribution in [3.63, 3.8) is 0 Å². The van der Waals surface area contributed by atoms with E-state index in [1.807, 2.05) is 21.1 Å². The fourth-order valence-corrected chi connectivity index (χ4v) is 7.35. The number of carbonyl (C=O) groups is 1. The number of amides is 1. The molecule has 0 aliphatic heterocycles. The van der Waals surface area contributed by atoms with Crippen LogP contribution < -0.4 is 10.2 Å². The maximum Gasteiger partial charge on any atom is 0.268 e. The van der Waals surface area contributed by atoms with Crippen LogP contribution in [0.1, 0.15) is 213 Å². The third-order valence-corrected chi connectivity index (χ3v) is 11.2. The van der Waals surface area contributed by atoms with Crippen molar-refractivity contribution in [2.24, 2.45) is 0 Å². The van der Waals surface area contributed by atoms with E-state index < -0.39 is 20.0 Å². The molecule has 1 unspecified atom stereocenters. The Kier molecular flexibility index (Phi) is 36.3. The molecule has 0 aliphatic carbocycles. The van der Waals surface area contributed by atoms with Crippen LogP contribution in [0.4, 0.5) is 0 Å². The van der Waals surface area contributed by atoms with E-state index in [0.29, 0.717) is 23.9 Å². The number of nitrogens with zero attached hydrogens (tertiary/aromatic N) is 1. The number of quaternary nitrogens is 1. The third-order valence-electron chi connectivity index (χ3n) is 10.3. The first kappa shape index (κ1) is 52.2. The number of allylic oxidation sites excluding steroid dienone is 2. The van der Waals surface area contributed by atoms with Gasteiger partial charge in [-0.05, 0) is 38.5 Å². The Morgan fingerprint density at radius 1 is 0.642 bits per heavy atom. The number of phosphoric acid groups is 1. The Morgan fingerprint density at radius 2 is 1.04 bits per heavy atom. The molecule has 0 saturated heterocycles.